The van der Waals surface area contributed by atoms with Crippen LogP contribution in [0, 0.1) is 6.92 Å². The SMILES string of the molecule is CCN(C(=O)c1cc(C)n2nc(-c3ccccn3)cc2n1)c1ccccc1. The number of aromatic nitrogens is 4. The van der Waals surface area contributed by atoms with Gasteiger partial charge in [-0.2, -0.15) is 5.10 Å². The molecule has 0 fully saturated rings. The quantitative estimate of drug-likeness (QED) is 0.558. The number of carbonyl (C=O) groups is 1. The largest absolute Gasteiger partial charge is 0.307 e. The number of anilines is 1. The summed E-state index contributed by atoms with van der Waals surface area (Å²) in [5.74, 6) is -0.130. The number of hydrogen-bond donors (Lipinski definition) is 0. The fraction of sp³-hybridized carbons (Fsp3) is 0.143. The first-order chi connectivity index (χ1) is 13.2. The molecule has 0 spiro atoms. The summed E-state index contributed by atoms with van der Waals surface area (Å²) in [4.78, 5) is 23.7. The van der Waals surface area contributed by atoms with Gasteiger partial charge in [0.15, 0.2) is 5.65 Å². The molecular weight excluding hydrogens is 338 g/mol. The second-order valence-corrected chi connectivity index (χ2v) is 6.18. The Balaban J connectivity index is 1.75. The molecule has 27 heavy (non-hydrogen) atoms. The van der Waals surface area contributed by atoms with Crippen LogP contribution in [0.15, 0.2) is 66.9 Å². The number of carbonyl (C=O) groups excluding carboxylic acids is 1. The van der Waals surface area contributed by atoms with E-state index in [-0.39, 0.29) is 5.91 Å². The van der Waals surface area contributed by atoms with Crippen molar-refractivity contribution >= 4 is 17.2 Å². The molecule has 3 heterocycles. The van der Waals surface area contributed by atoms with Crippen LogP contribution in [-0.2, 0) is 0 Å². The topological polar surface area (TPSA) is 63.4 Å². The lowest BCUT2D eigenvalue weighted by molar-refractivity contribution is 0.0983. The molecule has 4 aromatic rings. The number of fused-ring (bicyclic) bond motifs is 1. The minimum atomic E-state index is -0.130. The van der Waals surface area contributed by atoms with Crippen LogP contribution >= 0.6 is 0 Å². The molecule has 1 aromatic carbocycles. The maximum Gasteiger partial charge on any atom is 0.277 e. The van der Waals surface area contributed by atoms with Gasteiger partial charge < -0.3 is 4.90 Å². The second kappa shape index (κ2) is 6.99. The number of para-hydroxylation sites is 1. The molecule has 0 N–H and O–H groups in total. The number of aryl methyl sites for hydroxylation is 1. The third-order valence-electron chi connectivity index (χ3n) is 4.38. The number of hydrogen-bond acceptors (Lipinski definition) is 4. The van der Waals surface area contributed by atoms with E-state index < -0.39 is 0 Å². The van der Waals surface area contributed by atoms with Crippen LogP contribution < -0.4 is 4.90 Å². The predicted molar refractivity (Wildman–Crippen MR) is 105 cm³/mol. The van der Waals surface area contributed by atoms with Gasteiger partial charge in [0.2, 0.25) is 0 Å². The van der Waals surface area contributed by atoms with E-state index in [0.717, 1.165) is 22.8 Å². The standard InChI is InChI=1S/C21H19N5O/c1-3-25(16-9-5-4-6-10-16)21(27)19-13-15(2)26-20(23-19)14-18(24-26)17-11-7-8-12-22-17/h4-14H,3H2,1-2H3. The Kier molecular flexibility index (Phi) is 4.38. The first-order valence-corrected chi connectivity index (χ1v) is 8.83. The third-order valence-corrected chi connectivity index (χ3v) is 4.38. The van der Waals surface area contributed by atoms with Crippen molar-refractivity contribution in [3.63, 3.8) is 0 Å². The van der Waals surface area contributed by atoms with E-state index >= 15 is 0 Å². The zero-order valence-corrected chi connectivity index (χ0v) is 15.2. The van der Waals surface area contributed by atoms with E-state index in [1.54, 1.807) is 21.7 Å². The number of amides is 1. The minimum Gasteiger partial charge on any atom is -0.307 e. The summed E-state index contributed by atoms with van der Waals surface area (Å²) in [5, 5.41) is 4.57. The van der Waals surface area contributed by atoms with Crippen LogP contribution in [0.5, 0.6) is 0 Å². The van der Waals surface area contributed by atoms with Crippen molar-refractivity contribution in [2.24, 2.45) is 0 Å². The molecule has 6 heteroatoms. The zero-order valence-electron chi connectivity index (χ0n) is 15.2. The Morgan fingerprint density at radius 3 is 2.52 bits per heavy atom. The average Bonchev–Trinajstić information content (AvgIpc) is 3.15. The molecule has 3 aromatic heterocycles. The van der Waals surface area contributed by atoms with Crippen molar-refractivity contribution in [2.45, 2.75) is 13.8 Å². The van der Waals surface area contributed by atoms with Gasteiger partial charge >= 0.3 is 0 Å². The highest BCUT2D eigenvalue weighted by Gasteiger charge is 2.19. The predicted octanol–water partition coefficient (Wildman–Crippen LogP) is 3.77. The van der Waals surface area contributed by atoms with Crippen molar-refractivity contribution in [3.05, 3.63) is 78.2 Å². The molecule has 0 saturated carbocycles. The highest BCUT2D eigenvalue weighted by atomic mass is 16.2. The van der Waals surface area contributed by atoms with Gasteiger partial charge in [0.25, 0.3) is 5.91 Å². The number of rotatable bonds is 4. The molecule has 6 nitrogen and oxygen atoms in total. The van der Waals surface area contributed by atoms with Gasteiger partial charge in [-0.15, -0.1) is 0 Å². The monoisotopic (exact) mass is 357 g/mol. The van der Waals surface area contributed by atoms with Crippen LogP contribution in [0.4, 0.5) is 5.69 Å². The van der Waals surface area contributed by atoms with Crippen molar-refractivity contribution in [2.75, 3.05) is 11.4 Å². The van der Waals surface area contributed by atoms with Gasteiger partial charge in [-0.3, -0.25) is 9.78 Å². The fourth-order valence-electron chi connectivity index (χ4n) is 3.06. The maximum absolute atomic E-state index is 13.1. The first-order valence-electron chi connectivity index (χ1n) is 8.83. The van der Waals surface area contributed by atoms with Gasteiger partial charge in [0, 0.05) is 30.2 Å². The van der Waals surface area contributed by atoms with Crippen LogP contribution in [0.2, 0.25) is 0 Å². The Labute approximate surface area is 157 Å². The van der Waals surface area contributed by atoms with E-state index in [1.165, 1.54) is 0 Å². The minimum absolute atomic E-state index is 0.130. The Bertz CT molecular complexity index is 1090. The van der Waals surface area contributed by atoms with Gasteiger partial charge in [-0.05, 0) is 44.2 Å². The summed E-state index contributed by atoms with van der Waals surface area (Å²) in [6.07, 6.45) is 1.73. The molecule has 0 aliphatic carbocycles. The molecular formula is C21H19N5O. The van der Waals surface area contributed by atoms with E-state index in [2.05, 4.69) is 15.1 Å². The van der Waals surface area contributed by atoms with E-state index in [4.69, 9.17) is 0 Å². The summed E-state index contributed by atoms with van der Waals surface area (Å²) >= 11 is 0. The van der Waals surface area contributed by atoms with Crippen molar-refractivity contribution in [1.82, 2.24) is 19.6 Å². The van der Waals surface area contributed by atoms with Crippen LogP contribution in [-0.4, -0.2) is 32.0 Å². The van der Waals surface area contributed by atoms with Crippen molar-refractivity contribution in [1.29, 1.82) is 0 Å². The highest BCUT2D eigenvalue weighted by Crippen LogP contribution is 2.20. The van der Waals surface area contributed by atoms with Gasteiger partial charge in [-0.25, -0.2) is 9.50 Å². The number of pyridine rings is 1. The van der Waals surface area contributed by atoms with Crippen molar-refractivity contribution in [3.8, 4) is 11.4 Å². The lowest BCUT2D eigenvalue weighted by Gasteiger charge is -2.20. The molecule has 0 bridgehead atoms. The van der Waals surface area contributed by atoms with Crippen LogP contribution in [0.3, 0.4) is 0 Å². The molecule has 4 rings (SSSR count). The normalized spacial score (nSPS) is 10.9. The molecule has 0 radical (unpaired) electrons. The van der Waals surface area contributed by atoms with E-state index in [1.807, 2.05) is 68.4 Å². The Morgan fingerprint density at radius 2 is 1.81 bits per heavy atom. The van der Waals surface area contributed by atoms with Gasteiger partial charge in [0.1, 0.15) is 11.4 Å². The molecule has 0 atom stereocenters. The maximum atomic E-state index is 13.1. The van der Waals surface area contributed by atoms with Crippen molar-refractivity contribution < 1.29 is 4.79 Å². The Hall–Kier alpha value is -3.54. The zero-order chi connectivity index (χ0) is 18.8. The van der Waals surface area contributed by atoms with Gasteiger partial charge in [0.05, 0.1) is 5.69 Å². The summed E-state index contributed by atoms with van der Waals surface area (Å²) in [7, 11) is 0. The third kappa shape index (κ3) is 3.17. The van der Waals surface area contributed by atoms with Gasteiger partial charge in [-0.1, -0.05) is 24.3 Å². The molecule has 0 unspecified atom stereocenters. The molecule has 0 aliphatic heterocycles. The molecule has 0 aliphatic rings. The molecule has 134 valence electrons. The highest BCUT2D eigenvalue weighted by molar-refractivity contribution is 6.05. The first kappa shape index (κ1) is 16.9. The lowest BCUT2D eigenvalue weighted by atomic mass is 10.2. The molecule has 1 amide bonds. The second-order valence-electron chi connectivity index (χ2n) is 6.18. The summed E-state index contributed by atoms with van der Waals surface area (Å²) in [6, 6.07) is 18.9. The van der Waals surface area contributed by atoms with E-state index in [9.17, 15) is 4.79 Å². The summed E-state index contributed by atoms with van der Waals surface area (Å²) < 4.78 is 1.74. The average molecular weight is 357 g/mol. The Morgan fingerprint density at radius 1 is 1.04 bits per heavy atom. The lowest BCUT2D eigenvalue weighted by Crippen LogP contribution is -2.31. The van der Waals surface area contributed by atoms with Crippen LogP contribution in [0.25, 0.3) is 17.0 Å². The van der Waals surface area contributed by atoms with E-state index in [0.29, 0.717) is 17.9 Å². The number of benzene rings is 1. The summed E-state index contributed by atoms with van der Waals surface area (Å²) in [6.45, 7) is 4.43. The van der Waals surface area contributed by atoms with Crippen LogP contribution in [0.1, 0.15) is 23.1 Å². The summed E-state index contributed by atoms with van der Waals surface area (Å²) in [5.41, 5.74) is 4.23. The smallest absolute Gasteiger partial charge is 0.277 e. The fourth-order valence-corrected chi connectivity index (χ4v) is 3.06. The molecule has 0 saturated heterocycles. The number of nitrogens with zero attached hydrogens (tertiary/aromatic N) is 5.